The molecule has 4 heteroatoms. The molecule has 1 aromatic rings. The highest BCUT2D eigenvalue weighted by Gasteiger charge is 2.06. The van der Waals surface area contributed by atoms with Crippen LogP contribution in [0.5, 0.6) is 0 Å². The summed E-state index contributed by atoms with van der Waals surface area (Å²) in [5.41, 5.74) is 2.38. The first-order chi connectivity index (χ1) is 8.63. The Balaban J connectivity index is 2.32. The van der Waals surface area contributed by atoms with Crippen LogP contribution in [0, 0.1) is 18.3 Å². The number of hydrogen-bond acceptors (Lipinski definition) is 3. The summed E-state index contributed by atoms with van der Waals surface area (Å²) in [5.74, 6) is -0.0794. The van der Waals surface area contributed by atoms with Crippen LogP contribution in [0.3, 0.4) is 0 Å². The van der Waals surface area contributed by atoms with E-state index in [2.05, 4.69) is 34.9 Å². The topological polar surface area (TPSA) is 64.9 Å². The van der Waals surface area contributed by atoms with Crippen molar-refractivity contribution in [3.05, 3.63) is 35.4 Å². The van der Waals surface area contributed by atoms with Gasteiger partial charge < -0.3 is 10.6 Å². The van der Waals surface area contributed by atoms with Gasteiger partial charge in [-0.25, -0.2) is 0 Å². The molecule has 1 aromatic carbocycles. The van der Waals surface area contributed by atoms with E-state index in [0.717, 1.165) is 5.56 Å². The van der Waals surface area contributed by atoms with Crippen LogP contribution in [0.15, 0.2) is 24.3 Å². The first kappa shape index (κ1) is 14.2. The van der Waals surface area contributed by atoms with Gasteiger partial charge in [-0.05, 0) is 19.4 Å². The van der Waals surface area contributed by atoms with E-state index in [1.54, 1.807) is 0 Å². The fraction of sp³-hybridized carbons (Fsp3) is 0.429. The third-order valence-corrected chi connectivity index (χ3v) is 2.71. The Hall–Kier alpha value is -1.86. The van der Waals surface area contributed by atoms with Gasteiger partial charge in [0, 0.05) is 12.6 Å². The van der Waals surface area contributed by atoms with Crippen molar-refractivity contribution in [1.82, 2.24) is 10.6 Å². The lowest BCUT2D eigenvalue weighted by Gasteiger charge is -2.14. The number of hydrogen-bond donors (Lipinski definition) is 2. The summed E-state index contributed by atoms with van der Waals surface area (Å²) in [4.78, 5) is 11.4. The minimum Gasteiger partial charge on any atom is -0.354 e. The van der Waals surface area contributed by atoms with Crippen molar-refractivity contribution >= 4 is 5.91 Å². The second-order valence-electron chi connectivity index (χ2n) is 4.27. The van der Waals surface area contributed by atoms with Crippen molar-refractivity contribution in [3.8, 4) is 6.07 Å². The van der Waals surface area contributed by atoms with E-state index < -0.39 is 0 Å². The molecular weight excluding hydrogens is 226 g/mol. The van der Waals surface area contributed by atoms with Crippen LogP contribution in [0.1, 0.15) is 30.5 Å². The smallest absolute Gasteiger partial charge is 0.234 e. The summed E-state index contributed by atoms with van der Waals surface area (Å²) >= 11 is 0. The molecule has 0 spiro atoms. The highest BCUT2D eigenvalue weighted by atomic mass is 16.1. The second-order valence-corrected chi connectivity index (χ2v) is 4.27. The average Bonchev–Trinajstić information content (AvgIpc) is 2.37. The maximum Gasteiger partial charge on any atom is 0.234 e. The molecule has 0 bridgehead atoms. The van der Waals surface area contributed by atoms with Crippen LogP contribution in [-0.4, -0.2) is 19.0 Å². The summed E-state index contributed by atoms with van der Waals surface area (Å²) in [6.45, 7) is 4.74. The van der Waals surface area contributed by atoms with E-state index in [1.807, 2.05) is 19.9 Å². The van der Waals surface area contributed by atoms with E-state index in [9.17, 15) is 4.79 Å². The Morgan fingerprint density at radius 3 is 2.67 bits per heavy atom. The van der Waals surface area contributed by atoms with Crippen LogP contribution in [0.2, 0.25) is 0 Å². The molecule has 0 aliphatic rings. The molecule has 1 amide bonds. The summed E-state index contributed by atoms with van der Waals surface area (Å²) in [7, 11) is 0. The number of aryl methyl sites for hydroxylation is 1. The molecule has 4 nitrogen and oxygen atoms in total. The molecule has 1 rings (SSSR count). The van der Waals surface area contributed by atoms with Gasteiger partial charge in [0.25, 0.3) is 0 Å². The lowest BCUT2D eigenvalue weighted by atomic mass is 10.1. The standard InChI is InChI=1S/C14H19N3O/c1-11-4-6-13(7-5-11)12(2)17-10-14(18)16-9-3-8-15/h4-7,12,17H,3,9-10H2,1-2H3,(H,16,18)/t12-/m0/s1. The molecule has 0 saturated heterocycles. The molecule has 0 heterocycles. The van der Waals surface area contributed by atoms with E-state index in [-0.39, 0.29) is 18.5 Å². The SMILES string of the molecule is Cc1ccc([C@H](C)NCC(=O)NCCC#N)cc1. The third-order valence-electron chi connectivity index (χ3n) is 2.71. The van der Waals surface area contributed by atoms with Gasteiger partial charge in [-0.15, -0.1) is 0 Å². The van der Waals surface area contributed by atoms with Crippen molar-refractivity contribution < 1.29 is 4.79 Å². The summed E-state index contributed by atoms with van der Waals surface area (Å²) in [6, 6.07) is 10.3. The van der Waals surface area contributed by atoms with Gasteiger partial charge in [-0.1, -0.05) is 29.8 Å². The van der Waals surface area contributed by atoms with Crippen molar-refractivity contribution in [2.75, 3.05) is 13.1 Å². The zero-order valence-electron chi connectivity index (χ0n) is 10.9. The van der Waals surface area contributed by atoms with E-state index in [1.165, 1.54) is 5.56 Å². The number of carbonyl (C=O) groups is 1. The summed E-state index contributed by atoms with van der Waals surface area (Å²) in [5, 5.41) is 14.2. The van der Waals surface area contributed by atoms with Crippen LogP contribution >= 0.6 is 0 Å². The minimum absolute atomic E-state index is 0.0794. The number of nitriles is 1. The van der Waals surface area contributed by atoms with Gasteiger partial charge in [0.15, 0.2) is 0 Å². The van der Waals surface area contributed by atoms with Crippen LogP contribution < -0.4 is 10.6 Å². The Morgan fingerprint density at radius 1 is 1.39 bits per heavy atom. The zero-order chi connectivity index (χ0) is 13.4. The monoisotopic (exact) mass is 245 g/mol. The fourth-order valence-electron chi connectivity index (χ4n) is 1.54. The van der Waals surface area contributed by atoms with Gasteiger partial charge in [0.2, 0.25) is 5.91 Å². The quantitative estimate of drug-likeness (QED) is 0.749. The number of carbonyl (C=O) groups excluding carboxylic acids is 1. The number of nitrogens with zero attached hydrogens (tertiary/aromatic N) is 1. The lowest BCUT2D eigenvalue weighted by molar-refractivity contribution is -0.120. The van der Waals surface area contributed by atoms with Crippen molar-refractivity contribution in [2.24, 2.45) is 0 Å². The Morgan fingerprint density at radius 2 is 2.06 bits per heavy atom. The van der Waals surface area contributed by atoms with E-state index in [4.69, 9.17) is 5.26 Å². The van der Waals surface area contributed by atoms with Crippen LogP contribution in [0.4, 0.5) is 0 Å². The number of rotatable bonds is 6. The van der Waals surface area contributed by atoms with Gasteiger partial charge in [0.1, 0.15) is 0 Å². The first-order valence-electron chi connectivity index (χ1n) is 6.07. The third kappa shape index (κ3) is 4.98. The average molecular weight is 245 g/mol. The van der Waals surface area contributed by atoms with E-state index >= 15 is 0 Å². The van der Waals surface area contributed by atoms with Crippen LogP contribution in [-0.2, 0) is 4.79 Å². The van der Waals surface area contributed by atoms with Crippen LogP contribution in [0.25, 0.3) is 0 Å². The number of nitrogens with one attached hydrogen (secondary N) is 2. The molecule has 96 valence electrons. The molecule has 0 saturated carbocycles. The largest absolute Gasteiger partial charge is 0.354 e. The molecule has 18 heavy (non-hydrogen) atoms. The Kier molecular flexibility index (Phi) is 5.89. The van der Waals surface area contributed by atoms with E-state index in [0.29, 0.717) is 13.0 Å². The normalized spacial score (nSPS) is 11.6. The maximum atomic E-state index is 11.4. The highest BCUT2D eigenvalue weighted by Crippen LogP contribution is 2.12. The molecule has 0 radical (unpaired) electrons. The van der Waals surface area contributed by atoms with Crippen molar-refractivity contribution in [2.45, 2.75) is 26.3 Å². The molecule has 0 aliphatic carbocycles. The second kappa shape index (κ2) is 7.46. The molecule has 2 N–H and O–H groups in total. The van der Waals surface area contributed by atoms with Gasteiger partial charge in [-0.2, -0.15) is 5.26 Å². The van der Waals surface area contributed by atoms with Gasteiger partial charge in [-0.3, -0.25) is 4.79 Å². The Labute approximate surface area is 108 Å². The van der Waals surface area contributed by atoms with Crippen molar-refractivity contribution in [3.63, 3.8) is 0 Å². The maximum absolute atomic E-state index is 11.4. The molecule has 0 aliphatic heterocycles. The van der Waals surface area contributed by atoms with Gasteiger partial charge in [0.05, 0.1) is 19.0 Å². The molecule has 0 unspecified atom stereocenters. The summed E-state index contributed by atoms with van der Waals surface area (Å²) in [6.07, 6.45) is 0.346. The van der Waals surface area contributed by atoms with Crippen molar-refractivity contribution in [1.29, 1.82) is 5.26 Å². The molecule has 0 aromatic heterocycles. The predicted octanol–water partition coefficient (Wildman–Crippen LogP) is 1.68. The lowest BCUT2D eigenvalue weighted by Crippen LogP contribution is -2.35. The summed E-state index contributed by atoms with van der Waals surface area (Å²) < 4.78 is 0. The first-order valence-corrected chi connectivity index (χ1v) is 6.07. The molecular formula is C14H19N3O. The highest BCUT2D eigenvalue weighted by molar-refractivity contribution is 5.78. The molecule has 0 fully saturated rings. The Bertz CT molecular complexity index is 420. The minimum atomic E-state index is -0.0794. The zero-order valence-corrected chi connectivity index (χ0v) is 10.9. The fourth-order valence-corrected chi connectivity index (χ4v) is 1.54. The molecule has 1 atom stereocenters. The van der Waals surface area contributed by atoms with Gasteiger partial charge >= 0.3 is 0 Å². The number of amides is 1. The number of benzene rings is 1. The predicted molar refractivity (Wildman–Crippen MR) is 70.8 cm³/mol.